The van der Waals surface area contributed by atoms with Gasteiger partial charge in [-0.25, -0.2) is 0 Å². The molecule has 0 atom stereocenters. The fourth-order valence-corrected chi connectivity index (χ4v) is 3.01. The molecule has 0 aliphatic heterocycles. The molecule has 1 fully saturated rings. The summed E-state index contributed by atoms with van der Waals surface area (Å²) in [5.41, 5.74) is 0.555. The van der Waals surface area contributed by atoms with E-state index < -0.39 is 0 Å². The van der Waals surface area contributed by atoms with Crippen LogP contribution in [0.4, 0.5) is 0 Å². The van der Waals surface area contributed by atoms with Gasteiger partial charge in [0.25, 0.3) is 0 Å². The minimum atomic E-state index is 0.555. The molecule has 0 radical (unpaired) electrons. The summed E-state index contributed by atoms with van der Waals surface area (Å²) in [6.45, 7) is 4.27. The maximum Gasteiger partial charge on any atom is 0.131 e. The van der Waals surface area contributed by atoms with E-state index in [1.807, 2.05) is 6.07 Å². The van der Waals surface area contributed by atoms with Crippen LogP contribution in [0.1, 0.15) is 44.8 Å². The van der Waals surface area contributed by atoms with Gasteiger partial charge in [-0.15, -0.1) is 0 Å². The third kappa shape index (κ3) is 2.69. The molecule has 1 aromatic rings. The van der Waals surface area contributed by atoms with Crippen molar-refractivity contribution in [3.8, 4) is 0 Å². The smallest absolute Gasteiger partial charge is 0.131 e. The van der Waals surface area contributed by atoms with Crippen LogP contribution in [-0.2, 0) is 6.54 Å². The quantitative estimate of drug-likeness (QED) is 0.881. The van der Waals surface area contributed by atoms with Crippen LogP contribution in [0, 0.1) is 5.41 Å². The van der Waals surface area contributed by atoms with Crippen molar-refractivity contribution < 1.29 is 4.42 Å². The first kappa shape index (κ1) is 12.2. The molecule has 3 heteroatoms. The lowest BCUT2D eigenvalue weighted by atomic mass is 9.83. The van der Waals surface area contributed by atoms with Crippen molar-refractivity contribution in [2.24, 2.45) is 5.41 Å². The SMILES string of the molecule is CCC1(CNCc2occc2Br)CCCC1. The highest BCUT2D eigenvalue weighted by Gasteiger charge is 2.31. The van der Waals surface area contributed by atoms with E-state index in [0.29, 0.717) is 5.41 Å². The predicted molar refractivity (Wildman–Crippen MR) is 69.3 cm³/mol. The van der Waals surface area contributed by atoms with Gasteiger partial charge < -0.3 is 9.73 Å². The summed E-state index contributed by atoms with van der Waals surface area (Å²) >= 11 is 3.48. The van der Waals surface area contributed by atoms with Gasteiger partial charge in [-0.3, -0.25) is 0 Å². The molecule has 1 aliphatic carbocycles. The Bertz CT molecular complexity index is 328. The Morgan fingerprint density at radius 2 is 2.19 bits per heavy atom. The van der Waals surface area contributed by atoms with Crippen molar-refractivity contribution in [2.75, 3.05) is 6.54 Å². The molecule has 2 nitrogen and oxygen atoms in total. The van der Waals surface area contributed by atoms with Gasteiger partial charge in [0.15, 0.2) is 0 Å². The van der Waals surface area contributed by atoms with Crippen molar-refractivity contribution in [3.05, 3.63) is 22.6 Å². The highest BCUT2D eigenvalue weighted by Crippen LogP contribution is 2.40. The Labute approximate surface area is 106 Å². The summed E-state index contributed by atoms with van der Waals surface area (Å²) in [5.74, 6) is 1.00. The summed E-state index contributed by atoms with van der Waals surface area (Å²) in [7, 11) is 0. The van der Waals surface area contributed by atoms with E-state index in [4.69, 9.17) is 4.42 Å². The average Bonchev–Trinajstić information content (AvgIpc) is 2.90. The van der Waals surface area contributed by atoms with E-state index >= 15 is 0 Å². The molecule has 0 aromatic carbocycles. The third-order valence-electron chi connectivity index (χ3n) is 3.89. The van der Waals surface area contributed by atoms with Gasteiger partial charge in [0.2, 0.25) is 0 Å². The molecule has 1 aliphatic rings. The van der Waals surface area contributed by atoms with E-state index in [0.717, 1.165) is 23.3 Å². The van der Waals surface area contributed by atoms with Crippen LogP contribution in [0.2, 0.25) is 0 Å². The first-order chi connectivity index (χ1) is 7.76. The van der Waals surface area contributed by atoms with Crippen LogP contribution >= 0.6 is 15.9 Å². The Kier molecular flexibility index (Phi) is 4.09. The van der Waals surface area contributed by atoms with Crippen LogP contribution in [-0.4, -0.2) is 6.54 Å². The second-order valence-electron chi connectivity index (χ2n) is 4.86. The van der Waals surface area contributed by atoms with Crippen LogP contribution in [0.15, 0.2) is 21.2 Å². The van der Waals surface area contributed by atoms with Crippen LogP contribution < -0.4 is 5.32 Å². The van der Waals surface area contributed by atoms with Gasteiger partial charge >= 0.3 is 0 Å². The molecule has 0 unspecified atom stereocenters. The van der Waals surface area contributed by atoms with Gasteiger partial charge in [0.05, 0.1) is 17.3 Å². The largest absolute Gasteiger partial charge is 0.467 e. The molecule has 16 heavy (non-hydrogen) atoms. The molecule has 90 valence electrons. The van der Waals surface area contributed by atoms with Gasteiger partial charge in [0, 0.05) is 6.54 Å². The maximum atomic E-state index is 5.39. The summed E-state index contributed by atoms with van der Waals surface area (Å²) < 4.78 is 6.45. The lowest BCUT2D eigenvalue weighted by molar-refractivity contribution is 0.264. The summed E-state index contributed by atoms with van der Waals surface area (Å²) in [6.07, 6.45) is 8.59. The predicted octanol–water partition coefficient (Wildman–Crippen LogP) is 4.10. The Balaban J connectivity index is 1.81. The van der Waals surface area contributed by atoms with Gasteiger partial charge in [0.1, 0.15) is 5.76 Å². The molecule has 0 saturated heterocycles. The fourth-order valence-electron chi connectivity index (χ4n) is 2.67. The van der Waals surface area contributed by atoms with Gasteiger partial charge in [-0.05, 0) is 46.7 Å². The van der Waals surface area contributed by atoms with Crippen molar-refractivity contribution >= 4 is 15.9 Å². The summed E-state index contributed by atoms with van der Waals surface area (Å²) in [5, 5.41) is 3.54. The summed E-state index contributed by atoms with van der Waals surface area (Å²) in [6, 6.07) is 1.95. The van der Waals surface area contributed by atoms with E-state index in [9.17, 15) is 0 Å². The van der Waals surface area contributed by atoms with Gasteiger partial charge in [-0.2, -0.15) is 0 Å². The molecular weight excluding hydrogens is 266 g/mol. The van der Waals surface area contributed by atoms with Crippen LogP contribution in [0.5, 0.6) is 0 Å². The molecule has 1 saturated carbocycles. The third-order valence-corrected chi connectivity index (χ3v) is 4.60. The van der Waals surface area contributed by atoms with Crippen molar-refractivity contribution in [1.82, 2.24) is 5.32 Å². The molecule has 1 heterocycles. The Morgan fingerprint density at radius 1 is 1.44 bits per heavy atom. The minimum absolute atomic E-state index is 0.555. The standard InChI is InChI=1S/C13H20BrNO/c1-2-13(6-3-4-7-13)10-15-9-12-11(14)5-8-16-12/h5,8,15H,2-4,6-7,9-10H2,1H3. The Morgan fingerprint density at radius 3 is 2.75 bits per heavy atom. The minimum Gasteiger partial charge on any atom is -0.467 e. The normalized spacial score (nSPS) is 19.1. The highest BCUT2D eigenvalue weighted by molar-refractivity contribution is 9.10. The van der Waals surface area contributed by atoms with Crippen LogP contribution in [0.3, 0.4) is 0 Å². The molecule has 0 spiro atoms. The number of rotatable bonds is 5. The van der Waals surface area contributed by atoms with E-state index in [-0.39, 0.29) is 0 Å². The molecule has 2 rings (SSSR count). The second kappa shape index (κ2) is 5.37. The maximum absolute atomic E-state index is 5.39. The average molecular weight is 286 g/mol. The molecule has 1 aromatic heterocycles. The van der Waals surface area contributed by atoms with Crippen LogP contribution in [0.25, 0.3) is 0 Å². The Hall–Kier alpha value is -0.280. The molecule has 1 N–H and O–H groups in total. The lowest BCUT2D eigenvalue weighted by Gasteiger charge is -2.27. The first-order valence-electron chi connectivity index (χ1n) is 6.18. The van der Waals surface area contributed by atoms with Crippen molar-refractivity contribution in [3.63, 3.8) is 0 Å². The fraction of sp³-hybridized carbons (Fsp3) is 0.692. The zero-order chi connectivity index (χ0) is 11.4. The zero-order valence-corrected chi connectivity index (χ0v) is 11.5. The summed E-state index contributed by atoms with van der Waals surface area (Å²) in [4.78, 5) is 0. The highest BCUT2D eigenvalue weighted by atomic mass is 79.9. The topological polar surface area (TPSA) is 25.2 Å². The number of nitrogens with one attached hydrogen (secondary N) is 1. The van der Waals surface area contributed by atoms with Crippen molar-refractivity contribution in [2.45, 2.75) is 45.6 Å². The number of halogens is 1. The number of hydrogen-bond donors (Lipinski definition) is 1. The lowest BCUT2D eigenvalue weighted by Crippen LogP contribution is -2.31. The van der Waals surface area contributed by atoms with E-state index in [1.54, 1.807) is 6.26 Å². The molecule has 0 amide bonds. The zero-order valence-electron chi connectivity index (χ0n) is 9.89. The number of furan rings is 1. The van der Waals surface area contributed by atoms with Gasteiger partial charge in [-0.1, -0.05) is 19.8 Å². The molecular formula is C13H20BrNO. The van der Waals surface area contributed by atoms with Crippen molar-refractivity contribution in [1.29, 1.82) is 0 Å². The first-order valence-corrected chi connectivity index (χ1v) is 6.98. The van der Waals surface area contributed by atoms with E-state index in [1.165, 1.54) is 32.1 Å². The number of hydrogen-bond acceptors (Lipinski definition) is 2. The van der Waals surface area contributed by atoms with E-state index in [2.05, 4.69) is 28.2 Å². The second-order valence-corrected chi connectivity index (χ2v) is 5.71. The monoisotopic (exact) mass is 285 g/mol. The molecule has 0 bridgehead atoms.